The number of oxime groups is 1. The number of amidine groups is 1. The number of likely N-dealkylation sites (tertiary alicyclic amines) is 1. The second-order valence-electron chi connectivity index (χ2n) is 3.20. The van der Waals surface area contributed by atoms with Gasteiger partial charge < -0.3 is 15.8 Å². The van der Waals surface area contributed by atoms with Crippen molar-refractivity contribution in [3.8, 4) is 0 Å². The minimum Gasteiger partial charge on any atom is -0.409 e. The van der Waals surface area contributed by atoms with Crippen LogP contribution in [-0.4, -0.2) is 46.4 Å². The van der Waals surface area contributed by atoms with Crippen LogP contribution >= 0.6 is 11.8 Å². The summed E-state index contributed by atoms with van der Waals surface area (Å²) in [4.78, 5) is 13.3. The number of amides is 1. The predicted octanol–water partition coefficient (Wildman–Crippen LogP) is 0.0868. The molecule has 1 saturated heterocycles. The Balaban J connectivity index is 2.64. The topological polar surface area (TPSA) is 78.9 Å². The van der Waals surface area contributed by atoms with E-state index in [1.54, 1.807) is 4.90 Å². The van der Waals surface area contributed by atoms with E-state index >= 15 is 0 Å². The van der Waals surface area contributed by atoms with Crippen molar-refractivity contribution in [2.75, 3.05) is 18.6 Å². The van der Waals surface area contributed by atoms with E-state index in [4.69, 9.17) is 10.9 Å². The van der Waals surface area contributed by atoms with Crippen LogP contribution in [0.4, 0.5) is 0 Å². The lowest BCUT2D eigenvalue weighted by Gasteiger charge is -2.23. The molecule has 0 bridgehead atoms. The molecule has 14 heavy (non-hydrogen) atoms. The molecule has 1 atom stereocenters. The van der Waals surface area contributed by atoms with Gasteiger partial charge in [-0.1, -0.05) is 5.16 Å². The summed E-state index contributed by atoms with van der Waals surface area (Å²) in [6, 6.07) is -0.209. The third-order valence-corrected chi connectivity index (χ3v) is 2.83. The number of carbonyl (C=O) groups is 1. The van der Waals surface area contributed by atoms with Gasteiger partial charge in [-0.2, -0.15) is 11.8 Å². The average molecular weight is 217 g/mol. The summed E-state index contributed by atoms with van der Waals surface area (Å²) in [5.41, 5.74) is 5.50. The number of hydrogen-bond donors (Lipinski definition) is 2. The van der Waals surface area contributed by atoms with Crippen molar-refractivity contribution >= 4 is 23.5 Å². The van der Waals surface area contributed by atoms with Crippen LogP contribution in [0.2, 0.25) is 0 Å². The molecule has 1 rings (SSSR count). The largest absolute Gasteiger partial charge is 0.409 e. The standard InChI is InChI=1S/C8H15N3O2S/c1-14-5-7(12)11-4-2-3-6(11)8(9)10-13/h6,13H,2-5H2,1H3,(H2,9,10). The Morgan fingerprint density at radius 3 is 3.07 bits per heavy atom. The Morgan fingerprint density at radius 2 is 2.50 bits per heavy atom. The summed E-state index contributed by atoms with van der Waals surface area (Å²) in [6.45, 7) is 0.709. The van der Waals surface area contributed by atoms with Crippen LogP contribution < -0.4 is 5.73 Å². The van der Waals surface area contributed by atoms with Crippen molar-refractivity contribution in [1.82, 2.24) is 4.90 Å². The van der Waals surface area contributed by atoms with Gasteiger partial charge in [-0.15, -0.1) is 0 Å². The number of nitrogens with zero attached hydrogens (tertiary/aromatic N) is 2. The lowest BCUT2D eigenvalue weighted by atomic mass is 10.2. The SMILES string of the molecule is CSCC(=O)N1CCCC1C(N)=NO. The number of nitrogens with two attached hydrogens (primary N) is 1. The maximum atomic E-state index is 11.6. The highest BCUT2D eigenvalue weighted by Gasteiger charge is 2.31. The third kappa shape index (κ3) is 2.31. The number of thioether (sulfide) groups is 1. The fourth-order valence-corrected chi connectivity index (χ4v) is 2.06. The van der Waals surface area contributed by atoms with E-state index in [1.165, 1.54) is 11.8 Å². The molecule has 0 saturated carbocycles. The number of rotatable bonds is 3. The number of hydrogen-bond acceptors (Lipinski definition) is 4. The molecule has 1 amide bonds. The van der Waals surface area contributed by atoms with Crippen molar-refractivity contribution in [3.63, 3.8) is 0 Å². The molecule has 1 heterocycles. The second-order valence-corrected chi connectivity index (χ2v) is 4.07. The molecule has 1 aliphatic rings. The van der Waals surface area contributed by atoms with Crippen molar-refractivity contribution in [1.29, 1.82) is 0 Å². The van der Waals surface area contributed by atoms with Gasteiger partial charge in [0.25, 0.3) is 0 Å². The highest BCUT2D eigenvalue weighted by molar-refractivity contribution is 7.99. The van der Waals surface area contributed by atoms with Crippen LogP contribution in [0.25, 0.3) is 0 Å². The van der Waals surface area contributed by atoms with E-state index in [0.717, 1.165) is 12.8 Å². The van der Waals surface area contributed by atoms with E-state index in [-0.39, 0.29) is 17.8 Å². The molecule has 0 aliphatic carbocycles. The quantitative estimate of drug-likeness (QED) is 0.304. The first-order chi connectivity index (χ1) is 6.70. The van der Waals surface area contributed by atoms with Crippen LogP contribution in [-0.2, 0) is 4.79 Å². The van der Waals surface area contributed by atoms with Gasteiger partial charge >= 0.3 is 0 Å². The molecule has 6 heteroatoms. The van der Waals surface area contributed by atoms with Gasteiger partial charge in [-0.3, -0.25) is 4.79 Å². The maximum Gasteiger partial charge on any atom is 0.233 e. The lowest BCUT2D eigenvalue weighted by molar-refractivity contribution is -0.128. The van der Waals surface area contributed by atoms with E-state index in [1.807, 2.05) is 6.26 Å². The second kappa shape index (κ2) is 5.09. The fourth-order valence-electron chi connectivity index (χ4n) is 1.65. The smallest absolute Gasteiger partial charge is 0.233 e. The molecular weight excluding hydrogens is 202 g/mol. The lowest BCUT2D eigenvalue weighted by Crippen LogP contribution is -2.44. The van der Waals surface area contributed by atoms with Crippen molar-refractivity contribution < 1.29 is 10.0 Å². The maximum absolute atomic E-state index is 11.6. The first kappa shape index (κ1) is 11.2. The summed E-state index contributed by atoms with van der Waals surface area (Å²) in [7, 11) is 0. The summed E-state index contributed by atoms with van der Waals surface area (Å²) in [5, 5.41) is 11.5. The highest BCUT2D eigenvalue weighted by atomic mass is 32.2. The fraction of sp³-hybridized carbons (Fsp3) is 0.750. The summed E-state index contributed by atoms with van der Waals surface area (Å²) in [6.07, 6.45) is 3.59. The van der Waals surface area contributed by atoms with Gasteiger partial charge in [0.1, 0.15) is 0 Å². The summed E-state index contributed by atoms with van der Waals surface area (Å²) < 4.78 is 0. The van der Waals surface area contributed by atoms with E-state index in [2.05, 4.69) is 5.16 Å². The van der Waals surface area contributed by atoms with Gasteiger partial charge in [0, 0.05) is 6.54 Å². The molecule has 0 spiro atoms. The summed E-state index contributed by atoms with van der Waals surface area (Å²) >= 11 is 1.48. The molecule has 80 valence electrons. The monoisotopic (exact) mass is 217 g/mol. The molecule has 0 aromatic rings. The molecule has 1 fully saturated rings. The van der Waals surface area contributed by atoms with Crippen LogP contribution in [0.15, 0.2) is 5.16 Å². The van der Waals surface area contributed by atoms with Gasteiger partial charge in [-0.05, 0) is 19.1 Å². The van der Waals surface area contributed by atoms with Crippen LogP contribution in [0, 0.1) is 0 Å². The van der Waals surface area contributed by atoms with Crippen LogP contribution in [0.3, 0.4) is 0 Å². The van der Waals surface area contributed by atoms with Gasteiger partial charge in [-0.25, -0.2) is 0 Å². The van der Waals surface area contributed by atoms with Crippen molar-refractivity contribution in [2.24, 2.45) is 10.9 Å². The highest BCUT2D eigenvalue weighted by Crippen LogP contribution is 2.18. The molecule has 0 aromatic heterocycles. The zero-order chi connectivity index (χ0) is 10.6. The zero-order valence-corrected chi connectivity index (χ0v) is 8.96. The van der Waals surface area contributed by atoms with Gasteiger partial charge in [0.05, 0.1) is 11.8 Å². The molecular formula is C8H15N3O2S. The normalized spacial score (nSPS) is 22.8. The van der Waals surface area contributed by atoms with Crippen molar-refractivity contribution in [2.45, 2.75) is 18.9 Å². The molecule has 0 radical (unpaired) electrons. The zero-order valence-electron chi connectivity index (χ0n) is 8.14. The molecule has 1 aliphatic heterocycles. The molecule has 1 unspecified atom stereocenters. The predicted molar refractivity (Wildman–Crippen MR) is 56.5 cm³/mol. The number of carbonyl (C=O) groups excluding carboxylic acids is 1. The van der Waals surface area contributed by atoms with E-state index < -0.39 is 0 Å². The van der Waals surface area contributed by atoms with Crippen LogP contribution in [0.5, 0.6) is 0 Å². The Hall–Kier alpha value is -0.910. The third-order valence-electron chi connectivity index (χ3n) is 2.30. The Bertz CT molecular complexity index is 245. The minimum absolute atomic E-state index is 0.0617. The Labute approximate surface area is 87.3 Å². The van der Waals surface area contributed by atoms with Crippen LogP contribution in [0.1, 0.15) is 12.8 Å². The molecule has 3 N–H and O–H groups in total. The van der Waals surface area contributed by atoms with Gasteiger partial charge in [0.2, 0.25) is 5.91 Å². The Kier molecular flexibility index (Phi) is 4.06. The summed E-state index contributed by atoms with van der Waals surface area (Å²) in [5.74, 6) is 0.651. The average Bonchev–Trinajstić information content (AvgIpc) is 2.65. The molecule has 0 aromatic carbocycles. The first-order valence-electron chi connectivity index (χ1n) is 4.46. The molecule has 5 nitrogen and oxygen atoms in total. The van der Waals surface area contributed by atoms with E-state index in [0.29, 0.717) is 12.3 Å². The first-order valence-corrected chi connectivity index (χ1v) is 5.86. The minimum atomic E-state index is -0.209. The van der Waals surface area contributed by atoms with E-state index in [9.17, 15) is 4.79 Å². The van der Waals surface area contributed by atoms with Gasteiger partial charge in [0.15, 0.2) is 5.84 Å². The Morgan fingerprint density at radius 1 is 1.79 bits per heavy atom. The van der Waals surface area contributed by atoms with Crippen molar-refractivity contribution in [3.05, 3.63) is 0 Å².